The molecule has 0 unspecified atom stereocenters. The molecule has 0 saturated heterocycles. The number of carbonyl (C=O) groups excluding carboxylic acids is 2. The molecule has 0 atom stereocenters. The molecule has 0 N–H and O–H groups in total. The summed E-state index contributed by atoms with van der Waals surface area (Å²) in [5, 5.41) is 1.82. The molecule has 1 aliphatic heterocycles. The fraction of sp³-hybridized carbons (Fsp3) is 0.231. The maximum absolute atomic E-state index is 13.8. The zero-order valence-corrected chi connectivity index (χ0v) is 18.3. The zero-order valence-electron chi connectivity index (χ0n) is 18.3. The molecule has 164 valence electrons. The SMILES string of the molecule is COCCN(CCOC)C1=C(c2ccccc2)C(=O)N(c2cccc3ccccc23)C1=O. The van der Waals surface area contributed by atoms with Gasteiger partial charge in [-0.15, -0.1) is 0 Å². The van der Waals surface area contributed by atoms with Crippen LogP contribution in [-0.4, -0.2) is 57.2 Å². The van der Waals surface area contributed by atoms with Crippen LogP contribution in [0.15, 0.2) is 78.5 Å². The lowest BCUT2D eigenvalue weighted by Crippen LogP contribution is -2.37. The summed E-state index contributed by atoms with van der Waals surface area (Å²) in [6.07, 6.45) is 0. The van der Waals surface area contributed by atoms with E-state index in [0.29, 0.717) is 48.8 Å². The van der Waals surface area contributed by atoms with Gasteiger partial charge in [0.05, 0.1) is 24.5 Å². The molecule has 6 nitrogen and oxygen atoms in total. The Balaban J connectivity index is 1.86. The predicted molar refractivity (Wildman–Crippen MR) is 125 cm³/mol. The van der Waals surface area contributed by atoms with E-state index in [9.17, 15) is 9.59 Å². The van der Waals surface area contributed by atoms with Crippen LogP contribution in [0.5, 0.6) is 0 Å². The van der Waals surface area contributed by atoms with Crippen LogP contribution in [0.2, 0.25) is 0 Å². The number of anilines is 1. The summed E-state index contributed by atoms with van der Waals surface area (Å²) in [7, 11) is 3.23. The molecule has 0 radical (unpaired) electrons. The molecular weight excluding hydrogens is 404 g/mol. The van der Waals surface area contributed by atoms with Crippen molar-refractivity contribution in [3.05, 3.63) is 84.1 Å². The lowest BCUT2D eigenvalue weighted by molar-refractivity contribution is -0.120. The average Bonchev–Trinajstić information content (AvgIpc) is 3.09. The minimum Gasteiger partial charge on any atom is -0.383 e. The summed E-state index contributed by atoms with van der Waals surface area (Å²) in [5.41, 5.74) is 2.07. The summed E-state index contributed by atoms with van der Waals surface area (Å²) >= 11 is 0. The number of carbonyl (C=O) groups is 2. The van der Waals surface area contributed by atoms with Crippen LogP contribution in [0, 0.1) is 0 Å². The fourth-order valence-corrected chi connectivity index (χ4v) is 4.04. The first-order chi connectivity index (χ1) is 15.7. The quantitative estimate of drug-likeness (QED) is 0.485. The molecule has 1 aliphatic rings. The normalized spacial score (nSPS) is 14.0. The molecule has 0 bridgehead atoms. The Hall–Kier alpha value is -3.48. The maximum Gasteiger partial charge on any atom is 0.282 e. The number of hydrogen-bond acceptors (Lipinski definition) is 5. The molecule has 0 aromatic heterocycles. The van der Waals surface area contributed by atoms with Crippen molar-refractivity contribution in [2.75, 3.05) is 45.4 Å². The van der Waals surface area contributed by atoms with Gasteiger partial charge in [-0.25, -0.2) is 4.90 Å². The van der Waals surface area contributed by atoms with E-state index in [0.717, 1.165) is 10.8 Å². The second-order valence-corrected chi connectivity index (χ2v) is 7.51. The van der Waals surface area contributed by atoms with Gasteiger partial charge in [0, 0.05) is 32.7 Å². The molecule has 32 heavy (non-hydrogen) atoms. The van der Waals surface area contributed by atoms with Crippen LogP contribution < -0.4 is 4.90 Å². The first-order valence-electron chi connectivity index (χ1n) is 10.6. The van der Waals surface area contributed by atoms with Crippen molar-refractivity contribution in [1.82, 2.24) is 4.90 Å². The van der Waals surface area contributed by atoms with E-state index in [4.69, 9.17) is 9.47 Å². The summed E-state index contributed by atoms with van der Waals surface area (Å²) < 4.78 is 10.5. The van der Waals surface area contributed by atoms with Crippen molar-refractivity contribution >= 4 is 33.8 Å². The van der Waals surface area contributed by atoms with Crippen molar-refractivity contribution in [3.8, 4) is 0 Å². The van der Waals surface area contributed by atoms with E-state index in [-0.39, 0.29) is 11.8 Å². The second kappa shape index (κ2) is 9.77. The van der Waals surface area contributed by atoms with Gasteiger partial charge < -0.3 is 14.4 Å². The highest BCUT2D eigenvalue weighted by molar-refractivity contribution is 6.46. The first kappa shape index (κ1) is 21.7. The van der Waals surface area contributed by atoms with E-state index in [1.165, 1.54) is 4.90 Å². The Kier molecular flexibility index (Phi) is 6.63. The summed E-state index contributed by atoms with van der Waals surface area (Å²) in [6.45, 7) is 1.78. The van der Waals surface area contributed by atoms with Gasteiger partial charge >= 0.3 is 0 Å². The van der Waals surface area contributed by atoms with Crippen LogP contribution in [0.4, 0.5) is 5.69 Å². The Morgan fingerprint density at radius 2 is 1.38 bits per heavy atom. The Morgan fingerprint density at radius 3 is 2.06 bits per heavy atom. The third-order valence-electron chi connectivity index (χ3n) is 5.58. The molecule has 0 saturated carbocycles. The molecule has 6 heteroatoms. The van der Waals surface area contributed by atoms with Crippen LogP contribution >= 0.6 is 0 Å². The van der Waals surface area contributed by atoms with Crippen molar-refractivity contribution in [1.29, 1.82) is 0 Å². The Morgan fingerprint density at radius 1 is 0.750 bits per heavy atom. The van der Waals surface area contributed by atoms with Crippen LogP contribution in [0.1, 0.15) is 5.56 Å². The molecule has 0 aliphatic carbocycles. The largest absolute Gasteiger partial charge is 0.383 e. The van der Waals surface area contributed by atoms with E-state index in [1.54, 1.807) is 14.2 Å². The van der Waals surface area contributed by atoms with Gasteiger partial charge in [-0.1, -0.05) is 66.7 Å². The summed E-state index contributed by atoms with van der Waals surface area (Å²) in [6, 6.07) is 22.8. The molecule has 0 fully saturated rings. The van der Waals surface area contributed by atoms with Crippen molar-refractivity contribution in [3.63, 3.8) is 0 Å². The van der Waals surface area contributed by atoms with Gasteiger partial charge in [0.25, 0.3) is 11.8 Å². The topological polar surface area (TPSA) is 59.1 Å². The van der Waals surface area contributed by atoms with Gasteiger partial charge in [-0.2, -0.15) is 0 Å². The minimum absolute atomic E-state index is 0.326. The first-order valence-corrected chi connectivity index (χ1v) is 10.6. The van der Waals surface area contributed by atoms with E-state index in [2.05, 4.69) is 0 Å². The smallest absolute Gasteiger partial charge is 0.282 e. The molecule has 3 aromatic rings. The van der Waals surface area contributed by atoms with Crippen LogP contribution in [0.25, 0.3) is 16.3 Å². The van der Waals surface area contributed by atoms with E-state index >= 15 is 0 Å². The highest BCUT2D eigenvalue weighted by Crippen LogP contribution is 2.37. The van der Waals surface area contributed by atoms with Gasteiger partial charge in [0.1, 0.15) is 5.70 Å². The highest BCUT2D eigenvalue weighted by atomic mass is 16.5. The highest BCUT2D eigenvalue weighted by Gasteiger charge is 2.42. The lowest BCUT2D eigenvalue weighted by Gasteiger charge is -2.26. The van der Waals surface area contributed by atoms with Crippen molar-refractivity contribution in [2.24, 2.45) is 0 Å². The Bertz CT molecular complexity index is 1140. The number of hydrogen-bond donors (Lipinski definition) is 0. The number of ether oxygens (including phenoxy) is 2. The second-order valence-electron chi connectivity index (χ2n) is 7.51. The molecule has 3 aromatic carbocycles. The number of imide groups is 1. The maximum atomic E-state index is 13.8. The number of nitrogens with zero attached hydrogens (tertiary/aromatic N) is 2. The standard InChI is InChI=1S/C26H26N2O4/c1-31-17-15-27(16-18-32-2)24-23(20-10-4-3-5-11-20)25(29)28(26(24)30)22-14-8-12-19-9-6-7-13-21(19)22/h3-14H,15-18H2,1-2H3. The van der Waals surface area contributed by atoms with Crippen molar-refractivity contribution < 1.29 is 19.1 Å². The van der Waals surface area contributed by atoms with E-state index < -0.39 is 0 Å². The van der Waals surface area contributed by atoms with Gasteiger partial charge in [0.2, 0.25) is 0 Å². The average molecular weight is 431 g/mol. The number of methoxy groups -OCH3 is 2. The monoisotopic (exact) mass is 430 g/mol. The van der Waals surface area contributed by atoms with E-state index in [1.807, 2.05) is 77.7 Å². The fourth-order valence-electron chi connectivity index (χ4n) is 4.04. The number of amides is 2. The van der Waals surface area contributed by atoms with Crippen LogP contribution in [0.3, 0.4) is 0 Å². The third kappa shape index (κ3) is 4.02. The van der Waals surface area contributed by atoms with Gasteiger partial charge in [-0.3, -0.25) is 9.59 Å². The zero-order chi connectivity index (χ0) is 22.5. The number of benzene rings is 3. The van der Waals surface area contributed by atoms with Gasteiger partial charge in [0.15, 0.2) is 0 Å². The summed E-state index contributed by atoms with van der Waals surface area (Å²) in [5.74, 6) is -0.662. The Labute approximate surface area is 187 Å². The van der Waals surface area contributed by atoms with Crippen LogP contribution in [-0.2, 0) is 19.1 Å². The number of rotatable bonds is 9. The van der Waals surface area contributed by atoms with Crippen molar-refractivity contribution in [2.45, 2.75) is 0 Å². The number of fused-ring (bicyclic) bond motifs is 1. The predicted octanol–water partition coefficient (Wildman–Crippen LogP) is 3.72. The minimum atomic E-state index is -0.336. The molecule has 4 rings (SSSR count). The molecule has 2 amide bonds. The lowest BCUT2D eigenvalue weighted by atomic mass is 10.0. The molecule has 1 heterocycles. The van der Waals surface area contributed by atoms with Gasteiger partial charge in [-0.05, 0) is 17.0 Å². The molecule has 0 spiro atoms. The summed E-state index contributed by atoms with van der Waals surface area (Å²) in [4.78, 5) is 30.8. The third-order valence-corrected chi connectivity index (χ3v) is 5.58. The molecular formula is C26H26N2O4.